The monoisotopic (exact) mass is 382 g/mol. The maximum absolute atomic E-state index is 5.45. The van der Waals surface area contributed by atoms with Crippen LogP contribution in [-0.4, -0.2) is 31.1 Å². The number of para-hydroxylation sites is 1. The Morgan fingerprint density at radius 3 is 2.67 bits per heavy atom. The van der Waals surface area contributed by atoms with Gasteiger partial charge >= 0.3 is 0 Å². The van der Waals surface area contributed by atoms with Crippen LogP contribution in [0.3, 0.4) is 0 Å². The first-order chi connectivity index (χ1) is 12.7. The number of hydrogen-bond acceptors (Lipinski definition) is 3. The summed E-state index contributed by atoms with van der Waals surface area (Å²) < 4.78 is 5.45. The number of benzene rings is 2. The van der Waals surface area contributed by atoms with Crippen molar-refractivity contribution in [2.24, 2.45) is 5.92 Å². The van der Waals surface area contributed by atoms with Crippen molar-refractivity contribution in [3.8, 4) is 5.75 Å². The number of rotatable bonds is 4. The van der Waals surface area contributed by atoms with E-state index in [0.29, 0.717) is 12.0 Å². The Hall–Kier alpha value is -2.10. The largest absolute Gasteiger partial charge is 0.497 e. The Kier molecular flexibility index (Phi) is 6.03. The highest BCUT2D eigenvalue weighted by Crippen LogP contribution is 2.38. The van der Waals surface area contributed by atoms with Crippen LogP contribution in [0.1, 0.15) is 29.3 Å². The van der Waals surface area contributed by atoms with Crippen molar-refractivity contribution in [2.75, 3.05) is 21.2 Å². The van der Waals surface area contributed by atoms with E-state index in [0.717, 1.165) is 24.1 Å². The topological polar surface area (TPSA) is 25.4 Å². The Morgan fingerprint density at radius 1 is 1.07 bits per heavy atom. The highest BCUT2D eigenvalue weighted by atomic mass is 35.5. The molecule has 4 rings (SSSR count). The maximum atomic E-state index is 5.45. The number of halogens is 1. The molecule has 2 aromatic carbocycles. The predicted octanol–water partition coefficient (Wildman–Crippen LogP) is 5.07. The van der Waals surface area contributed by atoms with E-state index in [-0.39, 0.29) is 12.4 Å². The third kappa shape index (κ3) is 3.95. The van der Waals surface area contributed by atoms with Gasteiger partial charge in [-0.15, -0.1) is 12.4 Å². The van der Waals surface area contributed by atoms with Crippen molar-refractivity contribution in [3.05, 3.63) is 71.4 Å². The minimum Gasteiger partial charge on any atom is -0.497 e. The van der Waals surface area contributed by atoms with E-state index >= 15 is 0 Å². The summed E-state index contributed by atoms with van der Waals surface area (Å²) in [4.78, 5) is 7.27. The van der Waals surface area contributed by atoms with Crippen molar-refractivity contribution in [3.63, 3.8) is 0 Å². The van der Waals surface area contributed by atoms with Crippen molar-refractivity contribution >= 4 is 23.3 Å². The van der Waals surface area contributed by atoms with Crippen LogP contribution in [0.5, 0.6) is 5.75 Å². The molecule has 3 aromatic rings. The molecule has 0 saturated heterocycles. The predicted molar refractivity (Wildman–Crippen MR) is 114 cm³/mol. The molecule has 1 aliphatic carbocycles. The van der Waals surface area contributed by atoms with Gasteiger partial charge in [0.25, 0.3) is 0 Å². The normalized spacial score (nSPS) is 17.3. The third-order valence-corrected chi connectivity index (χ3v) is 5.56. The third-order valence-electron chi connectivity index (χ3n) is 5.56. The van der Waals surface area contributed by atoms with Crippen LogP contribution >= 0.6 is 12.4 Å². The molecule has 0 amide bonds. The van der Waals surface area contributed by atoms with Gasteiger partial charge in [-0.05, 0) is 74.7 Å². The molecule has 0 N–H and O–H groups in total. The summed E-state index contributed by atoms with van der Waals surface area (Å²) in [7, 11) is 6.09. The summed E-state index contributed by atoms with van der Waals surface area (Å²) in [6.45, 7) is 0. The van der Waals surface area contributed by atoms with Crippen LogP contribution in [0.4, 0.5) is 0 Å². The minimum atomic E-state index is 0. The average molecular weight is 383 g/mol. The molecule has 0 radical (unpaired) electrons. The smallest absolute Gasteiger partial charge is 0.119 e. The first kappa shape index (κ1) is 19.7. The van der Waals surface area contributed by atoms with E-state index < -0.39 is 0 Å². The zero-order valence-electron chi connectivity index (χ0n) is 16.2. The fraction of sp³-hybridized carbons (Fsp3) is 0.348. The highest BCUT2D eigenvalue weighted by molar-refractivity contribution is 5.85. The van der Waals surface area contributed by atoms with Crippen LogP contribution in [0.25, 0.3) is 10.9 Å². The lowest BCUT2D eigenvalue weighted by Crippen LogP contribution is -2.31. The Bertz CT molecular complexity index is 925. The van der Waals surface area contributed by atoms with Gasteiger partial charge in [-0.3, -0.25) is 4.98 Å². The van der Waals surface area contributed by atoms with Gasteiger partial charge in [0, 0.05) is 17.1 Å². The lowest BCUT2D eigenvalue weighted by atomic mass is 9.79. The molecule has 2 atom stereocenters. The molecule has 3 nitrogen and oxygen atoms in total. The number of nitrogens with zero attached hydrogens (tertiary/aromatic N) is 2. The summed E-state index contributed by atoms with van der Waals surface area (Å²) in [5.41, 5.74) is 5.14. The SMILES string of the molecule is COc1cccc(C(C2CCc3nc4ccccc4cc3C2)N(C)C)c1.Cl. The zero-order chi connectivity index (χ0) is 18.1. The molecule has 1 heterocycles. The molecule has 4 heteroatoms. The van der Waals surface area contributed by atoms with E-state index in [1.807, 2.05) is 6.07 Å². The number of pyridine rings is 1. The molecule has 1 aromatic heterocycles. The Labute approximate surface area is 167 Å². The fourth-order valence-electron chi connectivity index (χ4n) is 4.39. The van der Waals surface area contributed by atoms with Gasteiger partial charge in [0.05, 0.1) is 12.6 Å². The molecule has 0 spiro atoms. The number of ether oxygens (including phenoxy) is 1. The molecule has 1 aliphatic rings. The number of hydrogen-bond donors (Lipinski definition) is 0. The van der Waals surface area contributed by atoms with Crippen LogP contribution in [0.2, 0.25) is 0 Å². The summed E-state index contributed by atoms with van der Waals surface area (Å²) >= 11 is 0. The summed E-state index contributed by atoms with van der Waals surface area (Å²) in [5.74, 6) is 1.51. The van der Waals surface area contributed by atoms with Crippen LogP contribution in [0, 0.1) is 5.92 Å². The summed E-state index contributed by atoms with van der Waals surface area (Å²) in [5, 5.41) is 1.25. The molecule has 142 valence electrons. The molecule has 0 fully saturated rings. The van der Waals surface area contributed by atoms with Gasteiger partial charge in [-0.25, -0.2) is 0 Å². The van der Waals surface area contributed by atoms with Crippen molar-refractivity contribution < 1.29 is 4.74 Å². The molecule has 27 heavy (non-hydrogen) atoms. The second-order valence-corrected chi connectivity index (χ2v) is 7.47. The second kappa shape index (κ2) is 8.28. The van der Waals surface area contributed by atoms with Gasteiger partial charge in [-0.1, -0.05) is 30.3 Å². The summed E-state index contributed by atoms with van der Waals surface area (Å²) in [6, 6.07) is 19.7. The Morgan fingerprint density at radius 2 is 1.89 bits per heavy atom. The standard InChI is InChI=1S/C23H26N2O.ClH/c1-25(2)23(17-8-6-9-20(15-17)26-3)18-11-12-22-19(14-18)13-16-7-4-5-10-21(16)24-22;/h4-10,13,15,18,23H,11-12,14H2,1-3H3;1H. The average Bonchev–Trinajstić information content (AvgIpc) is 2.66. The molecular weight excluding hydrogens is 356 g/mol. The summed E-state index contributed by atoms with van der Waals surface area (Å²) in [6.07, 6.45) is 3.30. The molecular formula is C23H27ClN2O. The molecule has 0 aliphatic heterocycles. The van der Waals surface area contributed by atoms with Gasteiger partial charge in [-0.2, -0.15) is 0 Å². The number of methoxy groups -OCH3 is 1. The molecule has 0 bridgehead atoms. The van der Waals surface area contributed by atoms with Crippen LogP contribution in [-0.2, 0) is 12.8 Å². The van der Waals surface area contributed by atoms with Crippen molar-refractivity contribution in [2.45, 2.75) is 25.3 Å². The number of aryl methyl sites for hydroxylation is 1. The maximum Gasteiger partial charge on any atom is 0.119 e. The van der Waals surface area contributed by atoms with Crippen molar-refractivity contribution in [1.82, 2.24) is 9.88 Å². The minimum absolute atomic E-state index is 0. The van der Waals surface area contributed by atoms with Gasteiger partial charge in [0.15, 0.2) is 0 Å². The second-order valence-electron chi connectivity index (χ2n) is 7.47. The van der Waals surface area contributed by atoms with Gasteiger partial charge < -0.3 is 9.64 Å². The first-order valence-electron chi connectivity index (χ1n) is 9.33. The van der Waals surface area contributed by atoms with Crippen LogP contribution in [0.15, 0.2) is 54.6 Å². The Balaban J connectivity index is 0.00000210. The lowest BCUT2D eigenvalue weighted by Gasteiger charge is -2.36. The fourth-order valence-corrected chi connectivity index (χ4v) is 4.39. The number of aromatic nitrogens is 1. The highest BCUT2D eigenvalue weighted by Gasteiger charge is 2.30. The van der Waals surface area contributed by atoms with E-state index in [9.17, 15) is 0 Å². The van der Waals surface area contributed by atoms with Crippen LogP contribution < -0.4 is 4.74 Å². The van der Waals surface area contributed by atoms with Gasteiger partial charge in [0.1, 0.15) is 5.75 Å². The molecule has 0 saturated carbocycles. The van der Waals surface area contributed by atoms with E-state index in [1.165, 1.54) is 28.6 Å². The van der Waals surface area contributed by atoms with Gasteiger partial charge in [0.2, 0.25) is 0 Å². The molecule has 2 unspecified atom stereocenters. The van der Waals surface area contributed by atoms with Crippen molar-refractivity contribution in [1.29, 1.82) is 0 Å². The first-order valence-corrected chi connectivity index (χ1v) is 9.33. The van der Waals surface area contributed by atoms with E-state index in [4.69, 9.17) is 9.72 Å². The zero-order valence-corrected chi connectivity index (χ0v) is 17.0. The number of fused-ring (bicyclic) bond motifs is 2. The lowest BCUT2D eigenvalue weighted by molar-refractivity contribution is 0.195. The van der Waals surface area contributed by atoms with E-state index in [1.54, 1.807) is 7.11 Å². The quantitative estimate of drug-likeness (QED) is 0.629. The van der Waals surface area contributed by atoms with E-state index in [2.05, 4.69) is 67.5 Å².